The minimum absolute atomic E-state index is 0.0756. The van der Waals surface area contributed by atoms with Crippen molar-refractivity contribution in [1.29, 1.82) is 0 Å². The van der Waals surface area contributed by atoms with Crippen molar-refractivity contribution in [1.82, 2.24) is 10.2 Å². The maximum Gasteiger partial charge on any atom is 0.243 e. The van der Waals surface area contributed by atoms with Gasteiger partial charge in [0, 0.05) is 12.2 Å². The SMILES string of the molecule is CCCN(CC(=O)NCC(=O)Nc1ccc(OC)cc1)C(=O)[C@@H](CC)c1ccccc1. The highest BCUT2D eigenvalue weighted by Crippen LogP contribution is 2.22. The molecule has 2 aromatic carbocycles. The molecule has 0 spiro atoms. The predicted molar refractivity (Wildman–Crippen MR) is 121 cm³/mol. The van der Waals surface area contributed by atoms with E-state index >= 15 is 0 Å². The number of anilines is 1. The average molecular weight is 426 g/mol. The molecule has 0 unspecified atom stereocenters. The van der Waals surface area contributed by atoms with Crippen LogP contribution >= 0.6 is 0 Å². The summed E-state index contributed by atoms with van der Waals surface area (Å²) in [6.45, 7) is 4.15. The quantitative estimate of drug-likeness (QED) is 0.579. The lowest BCUT2D eigenvalue weighted by Crippen LogP contribution is -2.44. The number of rotatable bonds is 11. The van der Waals surface area contributed by atoms with Crippen LogP contribution in [0.1, 0.15) is 38.2 Å². The average Bonchev–Trinajstić information content (AvgIpc) is 2.79. The van der Waals surface area contributed by atoms with E-state index in [1.54, 1.807) is 36.3 Å². The third kappa shape index (κ3) is 7.44. The first-order valence-corrected chi connectivity index (χ1v) is 10.5. The molecule has 3 amide bonds. The molecular formula is C24H31N3O4. The molecule has 0 heterocycles. The molecule has 31 heavy (non-hydrogen) atoms. The zero-order valence-electron chi connectivity index (χ0n) is 18.4. The van der Waals surface area contributed by atoms with Crippen LogP contribution in [0, 0.1) is 0 Å². The van der Waals surface area contributed by atoms with Crippen LogP contribution in [0.15, 0.2) is 54.6 Å². The molecule has 2 rings (SSSR count). The molecule has 1 atom stereocenters. The molecule has 166 valence electrons. The Bertz CT molecular complexity index is 853. The van der Waals surface area contributed by atoms with E-state index in [1.807, 2.05) is 44.2 Å². The monoisotopic (exact) mass is 425 g/mol. The lowest BCUT2D eigenvalue weighted by atomic mass is 9.95. The zero-order valence-corrected chi connectivity index (χ0v) is 18.4. The van der Waals surface area contributed by atoms with Gasteiger partial charge in [0.05, 0.1) is 26.1 Å². The Kier molecular flexibility index (Phi) is 9.55. The second kappa shape index (κ2) is 12.4. The minimum atomic E-state index is -0.366. The maximum atomic E-state index is 13.1. The molecule has 0 saturated heterocycles. The molecule has 0 aromatic heterocycles. The number of benzene rings is 2. The van der Waals surface area contributed by atoms with Crippen molar-refractivity contribution in [3.63, 3.8) is 0 Å². The Hall–Kier alpha value is -3.35. The minimum Gasteiger partial charge on any atom is -0.497 e. The number of amides is 3. The molecule has 0 aliphatic carbocycles. The largest absolute Gasteiger partial charge is 0.497 e. The second-order valence-electron chi connectivity index (χ2n) is 7.18. The molecule has 2 N–H and O–H groups in total. The van der Waals surface area contributed by atoms with Crippen molar-refractivity contribution in [2.45, 2.75) is 32.6 Å². The van der Waals surface area contributed by atoms with Gasteiger partial charge in [0.2, 0.25) is 17.7 Å². The first-order valence-electron chi connectivity index (χ1n) is 10.5. The number of hydrogen-bond acceptors (Lipinski definition) is 4. The molecule has 0 aliphatic rings. The summed E-state index contributed by atoms with van der Waals surface area (Å²) in [4.78, 5) is 39.2. The highest BCUT2D eigenvalue weighted by atomic mass is 16.5. The second-order valence-corrected chi connectivity index (χ2v) is 7.18. The number of nitrogens with zero attached hydrogens (tertiary/aromatic N) is 1. The van der Waals surface area contributed by atoms with Crippen molar-refractivity contribution in [3.05, 3.63) is 60.2 Å². The van der Waals surface area contributed by atoms with Gasteiger partial charge < -0.3 is 20.3 Å². The third-order valence-electron chi connectivity index (χ3n) is 4.87. The summed E-state index contributed by atoms with van der Waals surface area (Å²) in [5.74, 6) is -0.391. The summed E-state index contributed by atoms with van der Waals surface area (Å²) in [6, 6.07) is 16.5. The lowest BCUT2D eigenvalue weighted by Gasteiger charge is -2.26. The normalized spacial score (nSPS) is 11.3. The van der Waals surface area contributed by atoms with E-state index in [0.717, 1.165) is 12.0 Å². The van der Waals surface area contributed by atoms with E-state index in [9.17, 15) is 14.4 Å². The molecule has 0 bridgehead atoms. The fourth-order valence-corrected chi connectivity index (χ4v) is 3.28. The lowest BCUT2D eigenvalue weighted by molar-refractivity contribution is -0.137. The van der Waals surface area contributed by atoms with Crippen LogP contribution in [0.2, 0.25) is 0 Å². The van der Waals surface area contributed by atoms with Crippen LogP contribution in [0.5, 0.6) is 5.75 Å². The van der Waals surface area contributed by atoms with Crippen molar-refractivity contribution in [2.75, 3.05) is 32.1 Å². The fraction of sp³-hybridized carbons (Fsp3) is 0.375. The zero-order chi connectivity index (χ0) is 22.6. The number of carbonyl (C=O) groups is 3. The predicted octanol–water partition coefficient (Wildman–Crippen LogP) is 3.18. The number of hydrogen-bond donors (Lipinski definition) is 2. The van der Waals surface area contributed by atoms with E-state index in [2.05, 4.69) is 10.6 Å². The van der Waals surface area contributed by atoms with Crippen LogP contribution < -0.4 is 15.4 Å². The molecule has 2 aromatic rings. The van der Waals surface area contributed by atoms with E-state index in [4.69, 9.17) is 4.74 Å². The summed E-state index contributed by atoms with van der Waals surface area (Å²) in [5, 5.41) is 5.31. The highest BCUT2D eigenvalue weighted by molar-refractivity contribution is 5.95. The van der Waals surface area contributed by atoms with E-state index < -0.39 is 0 Å². The molecular weight excluding hydrogens is 394 g/mol. The molecule has 0 fully saturated rings. The van der Waals surface area contributed by atoms with Gasteiger partial charge in [0.1, 0.15) is 5.75 Å². The van der Waals surface area contributed by atoms with Gasteiger partial charge >= 0.3 is 0 Å². The van der Waals surface area contributed by atoms with E-state index in [0.29, 0.717) is 24.4 Å². The maximum absolute atomic E-state index is 13.1. The van der Waals surface area contributed by atoms with Crippen molar-refractivity contribution in [3.8, 4) is 5.75 Å². The molecule has 0 radical (unpaired) electrons. The van der Waals surface area contributed by atoms with Gasteiger partial charge in [-0.1, -0.05) is 44.2 Å². The van der Waals surface area contributed by atoms with E-state index in [1.165, 1.54) is 0 Å². The van der Waals surface area contributed by atoms with Gasteiger partial charge in [0.25, 0.3) is 0 Å². The van der Waals surface area contributed by atoms with Crippen LogP contribution in [-0.4, -0.2) is 49.4 Å². The fourth-order valence-electron chi connectivity index (χ4n) is 3.28. The van der Waals surface area contributed by atoms with Gasteiger partial charge in [-0.15, -0.1) is 0 Å². The Labute approximate surface area is 183 Å². The van der Waals surface area contributed by atoms with Crippen molar-refractivity contribution < 1.29 is 19.1 Å². The standard InChI is InChI=1S/C24H31N3O4/c1-4-15-27(24(30)21(5-2)18-9-7-6-8-10-18)17-23(29)25-16-22(28)26-19-11-13-20(31-3)14-12-19/h6-14,21H,4-5,15-17H2,1-3H3,(H,25,29)(H,26,28)/t21-/m0/s1. The van der Waals surface area contributed by atoms with Crippen LogP contribution in [0.4, 0.5) is 5.69 Å². The van der Waals surface area contributed by atoms with Crippen molar-refractivity contribution in [2.24, 2.45) is 0 Å². The molecule has 0 aliphatic heterocycles. The first-order chi connectivity index (χ1) is 15.0. The Morgan fingerprint density at radius 3 is 2.23 bits per heavy atom. The van der Waals surface area contributed by atoms with E-state index in [-0.39, 0.29) is 36.7 Å². The summed E-state index contributed by atoms with van der Waals surface area (Å²) in [5.41, 5.74) is 1.55. The molecule has 7 heteroatoms. The number of carbonyl (C=O) groups excluding carboxylic acids is 3. The first kappa shape index (κ1) is 23.9. The van der Waals surface area contributed by atoms with Gasteiger partial charge in [-0.25, -0.2) is 0 Å². The van der Waals surface area contributed by atoms with Crippen LogP contribution in [-0.2, 0) is 14.4 Å². The van der Waals surface area contributed by atoms with Gasteiger partial charge in [0.15, 0.2) is 0 Å². The summed E-state index contributed by atoms with van der Waals surface area (Å²) in [7, 11) is 1.57. The van der Waals surface area contributed by atoms with Gasteiger partial charge in [-0.3, -0.25) is 14.4 Å². The van der Waals surface area contributed by atoms with Crippen molar-refractivity contribution >= 4 is 23.4 Å². The summed E-state index contributed by atoms with van der Waals surface area (Å²) >= 11 is 0. The number of nitrogens with one attached hydrogen (secondary N) is 2. The Balaban J connectivity index is 1.90. The number of ether oxygens (including phenoxy) is 1. The highest BCUT2D eigenvalue weighted by Gasteiger charge is 2.25. The topological polar surface area (TPSA) is 87.7 Å². The van der Waals surface area contributed by atoms with Gasteiger partial charge in [-0.05, 0) is 42.7 Å². The van der Waals surface area contributed by atoms with Crippen LogP contribution in [0.25, 0.3) is 0 Å². The number of methoxy groups -OCH3 is 1. The van der Waals surface area contributed by atoms with Crippen LogP contribution in [0.3, 0.4) is 0 Å². The van der Waals surface area contributed by atoms with Gasteiger partial charge in [-0.2, -0.15) is 0 Å². The summed E-state index contributed by atoms with van der Waals surface area (Å²) in [6.07, 6.45) is 1.39. The smallest absolute Gasteiger partial charge is 0.243 e. The summed E-state index contributed by atoms with van der Waals surface area (Å²) < 4.78 is 5.08. The third-order valence-corrected chi connectivity index (χ3v) is 4.87. The Morgan fingerprint density at radius 1 is 0.968 bits per heavy atom. The molecule has 0 saturated carbocycles. The Morgan fingerprint density at radius 2 is 1.65 bits per heavy atom. The molecule has 7 nitrogen and oxygen atoms in total.